The van der Waals surface area contributed by atoms with Gasteiger partial charge in [-0.15, -0.1) is 0 Å². The summed E-state index contributed by atoms with van der Waals surface area (Å²) in [6, 6.07) is 1.38. The zero-order valence-corrected chi connectivity index (χ0v) is 11.9. The lowest BCUT2D eigenvalue weighted by atomic mass is 10.0. The molecule has 0 saturated carbocycles. The topological polar surface area (TPSA) is 82.5 Å². The molecular formula is C14H19N3O3. The SMILES string of the molecule is CCC1C(=O)NCCN1c1nc(C)cc(C)c1C(=O)O. The zero-order valence-electron chi connectivity index (χ0n) is 11.9. The summed E-state index contributed by atoms with van der Waals surface area (Å²) in [7, 11) is 0. The first-order valence-electron chi connectivity index (χ1n) is 6.71. The van der Waals surface area contributed by atoms with Crippen molar-refractivity contribution in [3.8, 4) is 0 Å². The Kier molecular flexibility index (Phi) is 3.92. The van der Waals surface area contributed by atoms with E-state index in [0.717, 1.165) is 5.69 Å². The van der Waals surface area contributed by atoms with Crippen LogP contribution in [0.25, 0.3) is 0 Å². The Morgan fingerprint density at radius 3 is 2.85 bits per heavy atom. The fourth-order valence-electron chi connectivity index (χ4n) is 2.66. The molecule has 1 unspecified atom stereocenters. The van der Waals surface area contributed by atoms with Crippen molar-refractivity contribution < 1.29 is 14.7 Å². The smallest absolute Gasteiger partial charge is 0.339 e. The van der Waals surface area contributed by atoms with Crippen molar-refractivity contribution in [2.45, 2.75) is 33.2 Å². The van der Waals surface area contributed by atoms with Gasteiger partial charge in [-0.2, -0.15) is 0 Å². The summed E-state index contributed by atoms with van der Waals surface area (Å²) in [5, 5.41) is 12.2. The van der Waals surface area contributed by atoms with Gasteiger partial charge >= 0.3 is 5.97 Å². The molecular weight excluding hydrogens is 258 g/mol. The maximum atomic E-state index is 11.9. The molecule has 6 nitrogen and oxygen atoms in total. The van der Waals surface area contributed by atoms with Crippen LogP contribution in [0.2, 0.25) is 0 Å². The molecule has 0 bridgehead atoms. The van der Waals surface area contributed by atoms with E-state index in [1.165, 1.54) is 0 Å². The molecule has 1 aliphatic rings. The molecule has 1 atom stereocenters. The van der Waals surface area contributed by atoms with Crippen LogP contribution in [0.1, 0.15) is 35.0 Å². The van der Waals surface area contributed by atoms with E-state index < -0.39 is 5.97 Å². The normalized spacial score (nSPS) is 18.9. The highest BCUT2D eigenvalue weighted by atomic mass is 16.4. The second kappa shape index (κ2) is 5.48. The summed E-state index contributed by atoms with van der Waals surface area (Å²) in [4.78, 5) is 29.6. The standard InChI is InChI=1S/C14H19N3O3/c1-4-10-13(18)15-5-6-17(10)12-11(14(19)20)8(2)7-9(3)16-12/h7,10H,4-6H2,1-3H3,(H,15,18)(H,19,20). The van der Waals surface area contributed by atoms with Gasteiger partial charge in [-0.05, 0) is 31.9 Å². The summed E-state index contributed by atoms with van der Waals surface area (Å²) in [5.41, 5.74) is 1.60. The largest absolute Gasteiger partial charge is 0.478 e. The van der Waals surface area contributed by atoms with E-state index in [4.69, 9.17) is 0 Å². The third-order valence-electron chi connectivity index (χ3n) is 3.53. The molecule has 20 heavy (non-hydrogen) atoms. The van der Waals surface area contributed by atoms with Crippen LogP contribution >= 0.6 is 0 Å². The minimum atomic E-state index is -1.01. The lowest BCUT2D eigenvalue weighted by Crippen LogP contribution is -2.55. The van der Waals surface area contributed by atoms with Crippen LogP contribution in [0, 0.1) is 13.8 Å². The van der Waals surface area contributed by atoms with Gasteiger partial charge in [-0.1, -0.05) is 6.92 Å². The van der Waals surface area contributed by atoms with Crippen LogP contribution in [0.4, 0.5) is 5.82 Å². The third-order valence-corrected chi connectivity index (χ3v) is 3.53. The first-order chi connectivity index (χ1) is 9.45. The van der Waals surface area contributed by atoms with Crippen LogP contribution in [0.15, 0.2) is 6.07 Å². The molecule has 2 rings (SSSR count). The number of anilines is 1. The number of pyridine rings is 1. The minimum Gasteiger partial charge on any atom is -0.478 e. The maximum absolute atomic E-state index is 11.9. The van der Waals surface area contributed by atoms with Crippen molar-refractivity contribution in [1.29, 1.82) is 0 Å². The molecule has 1 aromatic heterocycles. The number of carboxylic acids is 1. The van der Waals surface area contributed by atoms with Crippen molar-refractivity contribution in [3.63, 3.8) is 0 Å². The lowest BCUT2D eigenvalue weighted by molar-refractivity contribution is -0.123. The summed E-state index contributed by atoms with van der Waals surface area (Å²) < 4.78 is 0. The van der Waals surface area contributed by atoms with Gasteiger partial charge in [-0.3, -0.25) is 4.79 Å². The number of aromatic carboxylic acids is 1. The zero-order chi connectivity index (χ0) is 14.9. The van der Waals surface area contributed by atoms with E-state index in [-0.39, 0.29) is 17.5 Å². The summed E-state index contributed by atoms with van der Waals surface area (Å²) in [6.45, 7) is 6.56. The first-order valence-corrected chi connectivity index (χ1v) is 6.71. The van der Waals surface area contributed by atoms with Crippen molar-refractivity contribution in [2.75, 3.05) is 18.0 Å². The number of hydrogen-bond acceptors (Lipinski definition) is 4. The van der Waals surface area contributed by atoms with Crippen molar-refractivity contribution in [2.24, 2.45) is 0 Å². The number of aromatic nitrogens is 1. The predicted octanol–water partition coefficient (Wildman–Crippen LogP) is 1.11. The fraction of sp³-hybridized carbons (Fsp3) is 0.500. The molecule has 108 valence electrons. The highest BCUT2D eigenvalue weighted by molar-refractivity contribution is 5.96. The van der Waals surface area contributed by atoms with Crippen LogP contribution in [-0.4, -0.2) is 41.1 Å². The Balaban J connectivity index is 2.55. The Hall–Kier alpha value is -2.11. The van der Waals surface area contributed by atoms with Gasteiger partial charge in [0.05, 0.1) is 0 Å². The number of carbonyl (C=O) groups is 2. The highest BCUT2D eigenvalue weighted by Crippen LogP contribution is 2.26. The van der Waals surface area contributed by atoms with Crippen LogP contribution in [0.5, 0.6) is 0 Å². The van der Waals surface area contributed by atoms with E-state index in [1.54, 1.807) is 13.0 Å². The quantitative estimate of drug-likeness (QED) is 0.865. The molecule has 0 spiro atoms. The van der Waals surface area contributed by atoms with Crippen molar-refractivity contribution in [3.05, 3.63) is 22.9 Å². The van der Waals surface area contributed by atoms with Crippen molar-refractivity contribution in [1.82, 2.24) is 10.3 Å². The van der Waals surface area contributed by atoms with Gasteiger partial charge in [0.15, 0.2) is 0 Å². The van der Waals surface area contributed by atoms with E-state index in [1.807, 2.05) is 18.7 Å². The van der Waals surface area contributed by atoms with Crippen LogP contribution < -0.4 is 10.2 Å². The highest BCUT2D eigenvalue weighted by Gasteiger charge is 2.32. The molecule has 1 saturated heterocycles. The summed E-state index contributed by atoms with van der Waals surface area (Å²) in [5.74, 6) is -0.682. The minimum absolute atomic E-state index is 0.0731. The van der Waals surface area contributed by atoms with Crippen molar-refractivity contribution >= 4 is 17.7 Å². The molecule has 0 aliphatic carbocycles. The number of carboxylic acid groups (broad SMARTS) is 1. The number of carbonyl (C=O) groups excluding carboxylic acids is 1. The van der Waals surface area contributed by atoms with Gasteiger partial charge in [-0.25, -0.2) is 9.78 Å². The number of aryl methyl sites for hydroxylation is 2. The molecule has 1 aliphatic heterocycles. The number of amides is 1. The van der Waals surface area contributed by atoms with E-state index >= 15 is 0 Å². The molecule has 2 N–H and O–H groups in total. The van der Waals surface area contributed by atoms with E-state index in [2.05, 4.69) is 10.3 Å². The van der Waals surface area contributed by atoms with E-state index in [9.17, 15) is 14.7 Å². The van der Waals surface area contributed by atoms with Gasteiger partial charge in [0.2, 0.25) is 5.91 Å². The van der Waals surface area contributed by atoms with Crippen LogP contribution in [-0.2, 0) is 4.79 Å². The number of nitrogens with zero attached hydrogens (tertiary/aromatic N) is 2. The number of hydrogen-bond donors (Lipinski definition) is 2. The predicted molar refractivity (Wildman–Crippen MR) is 75.1 cm³/mol. The van der Waals surface area contributed by atoms with Gasteiger partial charge in [0.1, 0.15) is 17.4 Å². The Morgan fingerprint density at radius 2 is 2.25 bits per heavy atom. The Morgan fingerprint density at radius 1 is 1.55 bits per heavy atom. The third kappa shape index (κ3) is 2.45. The summed E-state index contributed by atoms with van der Waals surface area (Å²) in [6.07, 6.45) is 0.611. The molecule has 0 aromatic carbocycles. The number of nitrogens with one attached hydrogen (secondary N) is 1. The van der Waals surface area contributed by atoms with E-state index in [0.29, 0.717) is 30.9 Å². The average Bonchev–Trinajstić information content (AvgIpc) is 2.36. The Labute approximate surface area is 117 Å². The second-order valence-corrected chi connectivity index (χ2v) is 4.99. The fourth-order valence-corrected chi connectivity index (χ4v) is 2.66. The van der Waals surface area contributed by atoms with Crippen LogP contribution in [0.3, 0.4) is 0 Å². The van der Waals surface area contributed by atoms with Gasteiger partial charge < -0.3 is 15.3 Å². The molecule has 0 radical (unpaired) electrons. The molecule has 1 amide bonds. The maximum Gasteiger partial charge on any atom is 0.339 e. The Bertz CT molecular complexity index is 557. The lowest BCUT2D eigenvalue weighted by Gasteiger charge is -2.36. The number of piperazine rings is 1. The second-order valence-electron chi connectivity index (χ2n) is 4.99. The monoisotopic (exact) mass is 277 g/mol. The summed E-state index contributed by atoms with van der Waals surface area (Å²) >= 11 is 0. The molecule has 1 fully saturated rings. The average molecular weight is 277 g/mol. The first kappa shape index (κ1) is 14.3. The molecule has 2 heterocycles. The van der Waals surface area contributed by atoms with Gasteiger partial charge in [0.25, 0.3) is 0 Å². The molecule has 1 aromatic rings. The number of rotatable bonds is 3. The van der Waals surface area contributed by atoms with Gasteiger partial charge in [0, 0.05) is 18.8 Å². The molecule has 6 heteroatoms.